The summed E-state index contributed by atoms with van der Waals surface area (Å²) >= 11 is 0. The maximum absolute atomic E-state index is 13.5. The van der Waals surface area contributed by atoms with Crippen molar-refractivity contribution in [3.8, 4) is 0 Å². The van der Waals surface area contributed by atoms with Gasteiger partial charge in [-0.05, 0) is 89.4 Å². The zero-order valence-corrected chi connectivity index (χ0v) is 28.8. The molecule has 50 heavy (non-hydrogen) atoms. The molecule has 0 saturated heterocycles. The van der Waals surface area contributed by atoms with Crippen LogP contribution in [0.2, 0.25) is 0 Å². The Morgan fingerprint density at radius 2 is 1.30 bits per heavy atom. The number of carbonyl (C=O) groups is 3. The van der Waals surface area contributed by atoms with Gasteiger partial charge in [0.2, 0.25) is 17.8 Å². The van der Waals surface area contributed by atoms with Crippen molar-refractivity contribution in [3.63, 3.8) is 0 Å². The molecule has 0 aliphatic carbocycles. The first kappa shape index (κ1) is 34.0. The third-order valence-corrected chi connectivity index (χ3v) is 8.43. The fraction of sp³-hybridized carbons (Fsp3) is 0.343. The van der Waals surface area contributed by atoms with Gasteiger partial charge >= 0.3 is 0 Å². The molecule has 0 fully saturated rings. The minimum Gasteiger partial charge on any atom is -0.387 e. The number of carbonyl (C=O) groups excluding carboxylic acids is 3. The Labute approximate surface area is 288 Å². The average molecular weight is 680 g/mol. The van der Waals surface area contributed by atoms with E-state index in [9.17, 15) is 19.5 Å². The normalized spacial score (nSPS) is 11.4. The number of aromatic nitrogens is 8. The second kappa shape index (κ2) is 14.3. The maximum Gasteiger partial charge on any atom is 0.276 e. The first-order valence-corrected chi connectivity index (χ1v) is 16.7. The Morgan fingerprint density at radius 1 is 0.720 bits per heavy atom. The fourth-order valence-corrected chi connectivity index (χ4v) is 6.13. The number of aliphatic hydroxyl groups excluding tert-OH is 1. The van der Waals surface area contributed by atoms with Crippen molar-refractivity contribution in [3.05, 3.63) is 76.9 Å². The summed E-state index contributed by atoms with van der Waals surface area (Å²) in [5.74, 6) is -0.443. The Hall–Kier alpha value is -5.83. The van der Waals surface area contributed by atoms with Gasteiger partial charge < -0.3 is 19.6 Å². The number of imidazole rings is 2. The zero-order valence-electron chi connectivity index (χ0n) is 28.8. The van der Waals surface area contributed by atoms with Crippen molar-refractivity contribution >= 4 is 57.4 Å². The molecular weight excluding hydrogens is 638 g/mol. The van der Waals surface area contributed by atoms with Crippen LogP contribution in [-0.4, -0.2) is 68.1 Å². The first-order valence-electron chi connectivity index (χ1n) is 16.7. The van der Waals surface area contributed by atoms with Gasteiger partial charge in [-0.3, -0.25) is 34.4 Å². The molecule has 0 spiro atoms. The zero-order chi connectivity index (χ0) is 35.5. The Morgan fingerprint density at radius 3 is 1.88 bits per heavy atom. The summed E-state index contributed by atoms with van der Waals surface area (Å²) in [6.07, 6.45) is 1.37. The first-order chi connectivity index (χ1) is 24.1. The molecule has 15 heteroatoms. The smallest absolute Gasteiger partial charge is 0.276 e. The third-order valence-electron chi connectivity index (χ3n) is 8.43. The number of para-hydroxylation sites is 1. The van der Waals surface area contributed by atoms with Gasteiger partial charge in [-0.1, -0.05) is 12.1 Å². The standard InChI is InChI=1S/C35H41N11O4/c1-6-45-28(18-22(4)41-45)32(49)39-34-37-25-17-21(3)13-14-26(25)43(34)15-8-9-16-44-27-12-10-11-24(36-30(48)20-47)31(27)38-35(44)40-33(50)29-19-23(5)42-46(29)7-2/h10-14,17-19,47H,6-9,15-16,20H2,1-5H3,(H,36,48)(H,37,39,49)(H,38,40,50). The van der Waals surface area contributed by atoms with E-state index in [0.29, 0.717) is 79.0 Å². The number of unbranched alkanes of at least 4 members (excludes halogenated alkanes) is 1. The van der Waals surface area contributed by atoms with Gasteiger partial charge in [0.05, 0.1) is 33.6 Å². The minimum absolute atomic E-state index is 0.283. The van der Waals surface area contributed by atoms with E-state index in [4.69, 9.17) is 9.97 Å². The summed E-state index contributed by atoms with van der Waals surface area (Å²) < 4.78 is 7.23. The number of nitrogens with zero attached hydrogens (tertiary/aromatic N) is 8. The molecule has 4 aromatic heterocycles. The maximum atomic E-state index is 13.5. The number of aliphatic hydroxyl groups is 1. The molecule has 0 saturated carbocycles. The highest BCUT2D eigenvalue weighted by atomic mass is 16.3. The molecule has 15 nitrogen and oxygen atoms in total. The predicted octanol–water partition coefficient (Wildman–Crippen LogP) is 4.66. The summed E-state index contributed by atoms with van der Waals surface area (Å²) in [6.45, 7) is 11.0. The van der Waals surface area contributed by atoms with Crippen molar-refractivity contribution in [1.82, 2.24) is 38.7 Å². The molecule has 0 unspecified atom stereocenters. The molecule has 260 valence electrons. The van der Waals surface area contributed by atoms with Crippen molar-refractivity contribution in [2.45, 2.75) is 73.6 Å². The molecule has 0 bridgehead atoms. The van der Waals surface area contributed by atoms with Crippen LogP contribution in [0.3, 0.4) is 0 Å². The van der Waals surface area contributed by atoms with E-state index in [-0.39, 0.29) is 11.8 Å². The van der Waals surface area contributed by atoms with E-state index in [1.165, 1.54) is 0 Å². The largest absolute Gasteiger partial charge is 0.387 e. The summed E-state index contributed by atoms with van der Waals surface area (Å²) in [4.78, 5) is 48.4. The lowest BCUT2D eigenvalue weighted by molar-refractivity contribution is -0.118. The van der Waals surface area contributed by atoms with E-state index in [1.54, 1.807) is 33.6 Å². The number of hydrogen-bond acceptors (Lipinski definition) is 8. The van der Waals surface area contributed by atoms with Gasteiger partial charge in [-0.15, -0.1) is 0 Å². The number of aryl methyl sites for hydroxylation is 7. The van der Waals surface area contributed by atoms with E-state index < -0.39 is 12.5 Å². The second-order valence-electron chi connectivity index (χ2n) is 12.1. The van der Waals surface area contributed by atoms with Crippen LogP contribution in [0.15, 0.2) is 48.5 Å². The Balaban J connectivity index is 1.27. The Bertz CT molecular complexity index is 2220. The van der Waals surface area contributed by atoms with Crippen LogP contribution in [0.25, 0.3) is 22.1 Å². The highest BCUT2D eigenvalue weighted by Gasteiger charge is 2.21. The van der Waals surface area contributed by atoms with Crippen molar-refractivity contribution in [2.24, 2.45) is 0 Å². The van der Waals surface area contributed by atoms with Crippen molar-refractivity contribution < 1.29 is 19.5 Å². The summed E-state index contributed by atoms with van der Waals surface area (Å²) in [7, 11) is 0. The highest BCUT2D eigenvalue weighted by Crippen LogP contribution is 2.28. The number of benzene rings is 2. The van der Waals surface area contributed by atoms with Gasteiger partial charge in [0.15, 0.2) is 0 Å². The molecular formula is C35H41N11O4. The molecule has 6 aromatic rings. The lowest BCUT2D eigenvalue weighted by atomic mass is 10.2. The molecule has 2 aromatic carbocycles. The van der Waals surface area contributed by atoms with Crippen LogP contribution in [0, 0.1) is 20.8 Å². The van der Waals surface area contributed by atoms with Crippen LogP contribution in [-0.2, 0) is 31.0 Å². The third kappa shape index (κ3) is 6.85. The highest BCUT2D eigenvalue weighted by molar-refractivity contribution is 6.05. The van der Waals surface area contributed by atoms with E-state index in [0.717, 1.165) is 28.0 Å². The average Bonchev–Trinajstić information content (AvgIpc) is 3.85. The topological polar surface area (TPSA) is 179 Å². The number of hydrogen-bond donors (Lipinski definition) is 4. The molecule has 6 rings (SSSR count). The van der Waals surface area contributed by atoms with Crippen LogP contribution in [0.5, 0.6) is 0 Å². The quantitative estimate of drug-likeness (QED) is 0.127. The second-order valence-corrected chi connectivity index (χ2v) is 12.1. The van der Waals surface area contributed by atoms with Crippen molar-refractivity contribution in [1.29, 1.82) is 0 Å². The van der Waals surface area contributed by atoms with Crippen LogP contribution >= 0.6 is 0 Å². The number of anilines is 3. The van der Waals surface area contributed by atoms with Gasteiger partial charge in [-0.25, -0.2) is 9.97 Å². The summed E-state index contributed by atoms with van der Waals surface area (Å²) in [5.41, 5.74) is 6.71. The van der Waals surface area contributed by atoms with Crippen LogP contribution in [0.1, 0.15) is 64.6 Å². The number of fused-ring (bicyclic) bond motifs is 2. The lowest BCUT2D eigenvalue weighted by Gasteiger charge is -2.13. The molecule has 0 aliphatic rings. The molecule has 0 radical (unpaired) electrons. The fourth-order valence-electron chi connectivity index (χ4n) is 6.13. The lowest BCUT2D eigenvalue weighted by Crippen LogP contribution is -2.20. The van der Waals surface area contributed by atoms with Crippen LogP contribution in [0.4, 0.5) is 17.6 Å². The number of rotatable bonds is 13. The van der Waals surface area contributed by atoms with Gasteiger partial charge in [-0.2, -0.15) is 10.2 Å². The molecule has 0 aliphatic heterocycles. The number of nitrogens with one attached hydrogen (secondary N) is 3. The van der Waals surface area contributed by atoms with Crippen LogP contribution < -0.4 is 16.0 Å². The van der Waals surface area contributed by atoms with Gasteiger partial charge in [0, 0.05) is 26.2 Å². The van der Waals surface area contributed by atoms with E-state index in [2.05, 4.69) is 26.1 Å². The molecule has 4 heterocycles. The number of amides is 3. The SMILES string of the molecule is CCn1nc(C)cc1C(=O)Nc1nc2cc(C)ccc2n1CCCCn1c(NC(=O)c2cc(C)nn2CC)nc2c(NC(=O)CO)cccc21. The van der Waals surface area contributed by atoms with E-state index >= 15 is 0 Å². The van der Waals surface area contributed by atoms with Gasteiger partial charge in [0.25, 0.3) is 11.8 Å². The van der Waals surface area contributed by atoms with Crippen molar-refractivity contribution in [2.75, 3.05) is 22.6 Å². The monoisotopic (exact) mass is 679 g/mol. The summed E-state index contributed by atoms with van der Waals surface area (Å²) in [5, 5.41) is 26.8. The predicted molar refractivity (Wildman–Crippen MR) is 190 cm³/mol. The Kier molecular flexibility index (Phi) is 9.76. The molecule has 0 atom stereocenters. The minimum atomic E-state index is -0.673. The van der Waals surface area contributed by atoms with Gasteiger partial charge in [0.1, 0.15) is 23.5 Å². The molecule has 4 N–H and O–H groups in total. The summed E-state index contributed by atoms with van der Waals surface area (Å²) in [6, 6.07) is 14.9. The molecule has 3 amide bonds. The van der Waals surface area contributed by atoms with E-state index in [1.807, 2.05) is 68.0 Å².